The van der Waals surface area contributed by atoms with Crippen LogP contribution in [0.25, 0.3) is 0 Å². The lowest BCUT2D eigenvalue weighted by molar-refractivity contribution is 0.329. The molecule has 1 aromatic carbocycles. The summed E-state index contributed by atoms with van der Waals surface area (Å²) in [4.78, 5) is 0. The smallest absolute Gasteiger partial charge is 0.124 e. The summed E-state index contributed by atoms with van der Waals surface area (Å²) in [6, 6.07) is 5.08. The van der Waals surface area contributed by atoms with Crippen molar-refractivity contribution in [1.82, 2.24) is 5.32 Å². The van der Waals surface area contributed by atoms with Crippen molar-refractivity contribution in [1.29, 1.82) is 0 Å². The van der Waals surface area contributed by atoms with Crippen molar-refractivity contribution in [2.75, 3.05) is 14.2 Å². The molecule has 104 valence electrons. The molecular weight excluding hydrogens is 238 g/mol. The minimum Gasteiger partial charge on any atom is -0.496 e. The Hall–Kier alpha value is -1.22. The van der Waals surface area contributed by atoms with Crippen LogP contribution in [0.15, 0.2) is 12.1 Å². The van der Waals surface area contributed by atoms with Crippen LogP contribution in [0.3, 0.4) is 0 Å². The summed E-state index contributed by atoms with van der Waals surface area (Å²) in [6.45, 7) is 2.25. The highest BCUT2D eigenvalue weighted by molar-refractivity contribution is 5.52. The molecular formula is C16H23NO2. The number of methoxy groups -OCH3 is 2. The molecule has 1 heterocycles. The molecule has 1 saturated carbocycles. The van der Waals surface area contributed by atoms with Gasteiger partial charge < -0.3 is 14.8 Å². The van der Waals surface area contributed by atoms with Crippen molar-refractivity contribution in [3.8, 4) is 11.5 Å². The molecule has 3 rings (SSSR count). The Morgan fingerprint density at radius 2 is 1.84 bits per heavy atom. The molecule has 2 aliphatic rings. The minimum atomic E-state index is 0.443. The first-order valence-electron chi connectivity index (χ1n) is 7.28. The van der Waals surface area contributed by atoms with Gasteiger partial charge in [0.1, 0.15) is 11.5 Å². The number of hydrogen-bond donors (Lipinski definition) is 1. The van der Waals surface area contributed by atoms with Gasteiger partial charge in [-0.25, -0.2) is 0 Å². The summed E-state index contributed by atoms with van der Waals surface area (Å²) < 4.78 is 11.2. The Morgan fingerprint density at radius 1 is 1.16 bits per heavy atom. The van der Waals surface area contributed by atoms with Gasteiger partial charge in [-0.05, 0) is 43.7 Å². The fraction of sp³-hybridized carbons (Fsp3) is 0.625. The summed E-state index contributed by atoms with van der Waals surface area (Å²) >= 11 is 0. The number of fused-ring (bicyclic) bond motifs is 1. The van der Waals surface area contributed by atoms with Crippen molar-refractivity contribution in [3.63, 3.8) is 0 Å². The molecule has 1 aliphatic heterocycles. The third-order valence-electron chi connectivity index (χ3n) is 4.48. The highest BCUT2D eigenvalue weighted by atomic mass is 16.5. The van der Waals surface area contributed by atoms with Gasteiger partial charge in [-0.3, -0.25) is 0 Å². The van der Waals surface area contributed by atoms with Gasteiger partial charge in [-0.15, -0.1) is 0 Å². The van der Waals surface area contributed by atoms with E-state index in [1.165, 1.54) is 24.0 Å². The van der Waals surface area contributed by atoms with Gasteiger partial charge in [0.25, 0.3) is 0 Å². The van der Waals surface area contributed by atoms with Crippen LogP contribution in [0.2, 0.25) is 0 Å². The maximum atomic E-state index is 5.59. The Bertz CT molecular complexity index is 468. The minimum absolute atomic E-state index is 0.443. The average Bonchev–Trinajstić information content (AvgIpc) is 3.29. The highest BCUT2D eigenvalue weighted by Crippen LogP contribution is 2.49. The highest BCUT2D eigenvalue weighted by Gasteiger charge is 2.39. The molecule has 1 aromatic rings. The second-order valence-electron chi connectivity index (χ2n) is 5.65. The van der Waals surface area contributed by atoms with Crippen molar-refractivity contribution in [3.05, 3.63) is 23.3 Å². The summed E-state index contributed by atoms with van der Waals surface area (Å²) in [5.41, 5.74) is 2.69. The largest absolute Gasteiger partial charge is 0.496 e. The van der Waals surface area contributed by atoms with Gasteiger partial charge in [0.05, 0.1) is 14.2 Å². The van der Waals surface area contributed by atoms with E-state index >= 15 is 0 Å². The number of ether oxygens (including phenoxy) is 2. The van der Waals surface area contributed by atoms with E-state index in [1.54, 1.807) is 14.2 Å². The monoisotopic (exact) mass is 261 g/mol. The van der Waals surface area contributed by atoms with Gasteiger partial charge in [0, 0.05) is 23.2 Å². The van der Waals surface area contributed by atoms with Crippen LogP contribution in [-0.4, -0.2) is 20.3 Å². The van der Waals surface area contributed by atoms with E-state index in [0.29, 0.717) is 12.1 Å². The fourth-order valence-corrected chi connectivity index (χ4v) is 3.25. The van der Waals surface area contributed by atoms with E-state index in [1.807, 2.05) is 12.1 Å². The lowest BCUT2D eigenvalue weighted by atomic mass is 9.85. The van der Waals surface area contributed by atoms with Crippen molar-refractivity contribution < 1.29 is 9.47 Å². The molecule has 1 fully saturated rings. The summed E-state index contributed by atoms with van der Waals surface area (Å²) in [5.74, 6) is 2.80. The first-order valence-corrected chi connectivity index (χ1v) is 7.28. The molecule has 0 aromatic heterocycles. The van der Waals surface area contributed by atoms with Crippen LogP contribution in [0.4, 0.5) is 0 Å². The zero-order chi connectivity index (χ0) is 13.4. The SMILES string of the molecule is CCC1Cc2c(OC)ccc(OC)c2C(C2CC2)N1. The van der Waals surface area contributed by atoms with Crippen molar-refractivity contribution in [2.45, 2.75) is 44.7 Å². The Labute approximate surface area is 115 Å². The predicted octanol–water partition coefficient (Wildman–Crippen LogP) is 3.08. The molecule has 2 unspecified atom stereocenters. The molecule has 1 aliphatic carbocycles. The van der Waals surface area contributed by atoms with E-state index in [9.17, 15) is 0 Å². The van der Waals surface area contributed by atoms with Crippen LogP contribution < -0.4 is 14.8 Å². The number of hydrogen-bond acceptors (Lipinski definition) is 3. The van der Waals surface area contributed by atoms with Gasteiger partial charge >= 0.3 is 0 Å². The molecule has 1 N–H and O–H groups in total. The summed E-state index contributed by atoms with van der Waals surface area (Å²) in [5, 5.41) is 3.81. The van der Waals surface area contributed by atoms with E-state index in [2.05, 4.69) is 12.2 Å². The van der Waals surface area contributed by atoms with Gasteiger partial charge in [0.2, 0.25) is 0 Å². The number of benzene rings is 1. The van der Waals surface area contributed by atoms with Crippen LogP contribution >= 0.6 is 0 Å². The van der Waals surface area contributed by atoms with Gasteiger partial charge in [-0.2, -0.15) is 0 Å². The molecule has 0 spiro atoms. The maximum Gasteiger partial charge on any atom is 0.124 e. The summed E-state index contributed by atoms with van der Waals surface area (Å²) in [6.07, 6.45) is 4.85. The third-order valence-corrected chi connectivity index (χ3v) is 4.48. The van der Waals surface area contributed by atoms with Gasteiger partial charge in [-0.1, -0.05) is 6.92 Å². The molecule has 0 radical (unpaired) electrons. The lowest BCUT2D eigenvalue weighted by Gasteiger charge is -2.35. The normalized spacial score (nSPS) is 25.8. The molecule has 0 amide bonds. The van der Waals surface area contributed by atoms with E-state index in [4.69, 9.17) is 9.47 Å². The first kappa shape index (κ1) is 12.8. The first-order chi connectivity index (χ1) is 9.28. The quantitative estimate of drug-likeness (QED) is 0.903. The molecule has 2 atom stereocenters. The van der Waals surface area contributed by atoms with Crippen LogP contribution in [0.5, 0.6) is 11.5 Å². The number of nitrogens with one attached hydrogen (secondary N) is 1. The van der Waals surface area contributed by atoms with E-state index < -0.39 is 0 Å². The topological polar surface area (TPSA) is 30.5 Å². The molecule has 3 heteroatoms. The van der Waals surface area contributed by atoms with Crippen LogP contribution in [0.1, 0.15) is 43.4 Å². The predicted molar refractivity (Wildman–Crippen MR) is 75.9 cm³/mol. The van der Waals surface area contributed by atoms with Crippen molar-refractivity contribution in [2.24, 2.45) is 5.92 Å². The Morgan fingerprint density at radius 3 is 2.42 bits per heavy atom. The van der Waals surface area contributed by atoms with Crippen molar-refractivity contribution >= 4 is 0 Å². The zero-order valence-corrected chi connectivity index (χ0v) is 12.0. The standard InChI is InChI=1S/C16H23NO2/c1-4-11-9-12-13(18-2)7-8-14(19-3)15(12)16(17-11)10-5-6-10/h7-8,10-11,16-17H,4-6,9H2,1-3H3. The van der Waals surface area contributed by atoms with Gasteiger partial charge in [0.15, 0.2) is 0 Å². The lowest BCUT2D eigenvalue weighted by Crippen LogP contribution is -2.40. The third kappa shape index (κ3) is 2.20. The fourth-order valence-electron chi connectivity index (χ4n) is 3.25. The molecule has 3 nitrogen and oxygen atoms in total. The number of rotatable bonds is 4. The van der Waals surface area contributed by atoms with E-state index in [-0.39, 0.29) is 0 Å². The maximum absolute atomic E-state index is 5.59. The molecule has 0 bridgehead atoms. The second-order valence-corrected chi connectivity index (χ2v) is 5.65. The zero-order valence-electron chi connectivity index (χ0n) is 12.0. The second kappa shape index (κ2) is 5.04. The molecule has 0 saturated heterocycles. The average molecular weight is 261 g/mol. The molecule has 19 heavy (non-hydrogen) atoms. The Balaban J connectivity index is 2.09. The van der Waals surface area contributed by atoms with Crippen LogP contribution in [-0.2, 0) is 6.42 Å². The van der Waals surface area contributed by atoms with E-state index in [0.717, 1.165) is 30.3 Å². The van der Waals surface area contributed by atoms with Crippen LogP contribution in [0, 0.1) is 5.92 Å². The Kier molecular flexibility index (Phi) is 3.40. The summed E-state index contributed by atoms with van der Waals surface area (Å²) in [7, 11) is 3.52.